The van der Waals surface area contributed by atoms with Gasteiger partial charge in [0.15, 0.2) is 11.5 Å². The average Bonchev–Trinajstić information content (AvgIpc) is 3.47. The smallest absolute Gasteiger partial charge is 0.231 e. The van der Waals surface area contributed by atoms with Crippen molar-refractivity contribution in [2.24, 2.45) is 0 Å². The molecule has 0 radical (unpaired) electrons. The van der Waals surface area contributed by atoms with Crippen LogP contribution in [0.1, 0.15) is 76.0 Å². The molecule has 6 nitrogen and oxygen atoms in total. The number of ether oxygens (including phenoxy) is 2. The summed E-state index contributed by atoms with van der Waals surface area (Å²) < 4.78 is 13.4. The average molecular weight is 462 g/mol. The predicted octanol–water partition coefficient (Wildman–Crippen LogP) is 6.26. The number of imidazole rings is 1. The molecule has 1 amide bonds. The molecule has 0 saturated heterocycles. The molecule has 1 atom stereocenters. The van der Waals surface area contributed by atoms with Crippen molar-refractivity contribution in [3.63, 3.8) is 0 Å². The summed E-state index contributed by atoms with van der Waals surface area (Å²) in [6.07, 6.45) is 8.98. The van der Waals surface area contributed by atoms with E-state index in [4.69, 9.17) is 9.47 Å². The van der Waals surface area contributed by atoms with E-state index in [2.05, 4.69) is 62.3 Å². The Hall–Kier alpha value is -3.28. The fourth-order valence-electron chi connectivity index (χ4n) is 4.56. The van der Waals surface area contributed by atoms with Crippen LogP contribution in [0, 0.1) is 0 Å². The zero-order chi connectivity index (χ0) is 24.1. The number of unbranched alkanes of at least 4 members (excludes halogenated alkanes) is 1. The van der Waals surface area contributed by atoms with E-state index in [1.165, 1.54) is 0 Å². The maximum Gasteiger partial charge on any atom is 0.231 e. The maximum atomic E-state index is 13.4. The van der Waals surface area contributed by atoms with Crippen LogP contribution in [0.25, 0.3) is 0 Å². The van der Waals surface area contributed by atoms with Gasteiger partial charge in [0.1, 0.15) is 0 Å². The summed E-state index contributed by atoms with van der Waals surface area (Å²) in [6, 6.07) is 12.3. The Morgan fingerprint density at radius 3 is 2.79 bits per heavy atom. The van der Waals surface area contributed by atoms with E-state index in [1.54, 1.807) is 12.5 Å². The number of carbonyl (C=O) groups is 1. The minimum atomic E-state index is -0.0941. The van der Waals surface area contributed by atoms with Gasteiger partial charge in [-0.2, -0.15) is 0 Å². The van der Waals surface area contributed by atoms with E-state index < -0.39 is 0 Å². The summed E-state index contributed by atoms with van der Waals surface area (Å²) in [4.78, 5) is 17.5. The summed E-state index contributed by atoms with van der Waals surface area (Å²) in [5.74, 6) is 1.64. The topological polar surface area (TPSA) is 65.4 Å². The Bertz CT molecular complexity index is 1120. The maximum absolute atomic E-state index is 13.4. The lowest BCUT2D eigenvalue weighted by Gasteiger charge is -2.25. The lowest BCUT2D eigenvalue weighted by molar-refractivity contribution is -0.116. The van der Waals surface area contributed by atoms with Crippen molar-refractivity contribution in [3.8, 4) is 11.5 Å². The molecule has 0 saturated carbocycles. The third-order valence-electron chi connectivity index (χ3n) is 6.30. The first-order chi connectivity index (χ1) is 16.3. The summed E-state index contributed by atoms with van der Waals surface area (Å²) in [7, 11) is 0. The van der Waals surface area contributed by atoms with Gasteiger partial charge in [0.25, 0.3) is 0 Å². The van der Waals surface area contributed by atoms with Crippen LogP contribution < -0.4 is 14.8 Å². The molecule has 4 rings (SSSR count). The van der Waals surface area contributed by atoms with Crippen LogP contribution in [-0.4, -0.2) is 22.3 Å². The van der Waals surface area contributed by atoms with Gasteiger partial charge in [-0.25, -0.2) is 4.98 Å². The molecule has 1 N–H and O–H groups in total. The first-order valence-electron chi connectivity index (χ1n) is 12.1. The van der Waals surface area contributed by atoms with Crippen LogP contribution in [0.3, 0.4) is 0 Å². The van der Waals surface area contributed by atoms with E-state index in [-0.39, 0.29) is 24.0 Å². The minimum Gasteiger partial charge on any atom is -0.454 e. The standard InChI is InChI=1S/C28H35N3O3/c1-5-6-8-21(22-9-7-10-25-27(22)34-19-33-25)16-26(32)30-24-15-20(17-31-14-13-29-18-31)11-12-23(24)28(2,3)4/h7,9-15,18,21H,5-6,8,16-17,19H2,1-4H3,(H,30,32). The molecule has 1 aliphatic heterocycles. The van der Waals surface area contributed by atoms with Gasteiger partial charge in [0.05, 0.1) is 6.33 Å². The molecule has 3 aromatic rings. The second-order valence-corrected chi connectivity index (χ2v) is 10.0. The van der Waals surface area contributed by atoms with Crippen LogP contribution >= 0.6 is 0 Å². The zero-order valence-electron chi connectivity index (χ0n) is 20.6. The molecule has 1 aliphatic rings. The highest BCUT2D eigenvalue weighted by Crippen LogP contribution is 2.42. The van der Waals surface area contributed by atoms with Crippen molar-refractivity contribution in [1.29, 1.82) is 0 Å². The molecule has 2 heterocycles. The molecular weight excluding hydrogens is 426 g/mol. The quantitative estimate of drug-likeness (QED) is 0.408. The molecule has 180 valence electrons. The van der Waals surface area contributed by atoms with E-state index >= 15 is 0 Å². The number of nitrogens with zero attached hydrogens (tertiary/aromatic N) is 2. The lowest BCUT2D eigenvalue weighted by Crippen LogP contribution is -2.21. The van der Waals surface area contributed by atoms with E-state index in [1.807, 2.05) is 22.9 Å². The number of hydrogen-bond acceptors (Lipinski definition) is 4. The van der Waals surface area contributed by atoms with Crippen molar-refractivity contribution in [2.45, 2.75) is 71.3 Å². The SMILES string of the molecule is CCCCC(CC(=O)Nc1cc(Cn2ccnc2)ccc1C(C)(C)C)c1cccc2c1OCO2. The highest BCUT2D eigenvalue weighted by atomic mass is 16.7. The second-order valence-electron chi connectivity index (χ2n) is 10.0. The van der Waals surface area contributed by atoms with E-state index in [0.29, 0.717) is 13.0 Å². The Morgan fingerprint density at radius 1 is 1.21 bits per heavy atom. The largest absolute Gasteiger partial charge is 0.454 e. The number of amides is 1. The fourth-order valence-corrected chi connectivity index (χ4v) is 4.56. The number of aromatic nitrogens is 2. The van der Waals surface area contributed by atoms with Gasteiger partial charge in [0, 0.05) is 36.6 Å². The van der Waals surface area contributed by atoms with Gasteiger partial charge in [-0.1, -0.05) is 64.8 Å². The van der Waals surface area contributed by atoms with Crippen LogP contribution in [0.15, 0.2) is 55.1 Å². The first kappa shape index (κ1) is 23.9. The molecule has 1 aromatic heterocycles. The monoisotopic (exact) mass is 461 g/mol. The number of benzene rings is 2. The number of nitrogens with one attached hydrogen (secondary N) is 1. The number of fused-ring (bicyclic) bond motifs is 1. The number of para-hydroxylation sites is 1. The Labute approximate surface area is 202 Å². The molecule has 0 aliphatic carbocycles. The van der Waals surface area contributed by atoms with Crippen molar-refractivity contribution < 1.29 is 14.3 Å². The normalized spacial score (nSPS) is 13.6. The lowest BCUT2D eigenvalue weighted by atomic mass is 9.85. The third-order valence-corrected chi connectivity index (χ3v) is 6.30. The van der Waals surface area contributed by atoms with Gasteiger partial charge in [-0.15, -0.1) is 0 Å². The number of anilines is 1. The molecule has 0 fully saturated rings. The van der Waals surface area contributed by atoms with Gasteiger partial charge >= 0.3 is 0 Å². The molecule has 2 aromatic carbocycles. The fraction of sp³-hybridized carbons (Fsp3) is 0.429. The molecule has 0 spiro atoms. The minimum absolute atomic E-state index is 0.0166. The zero-order valence-corrected chi connectivity index (χ0v) is 20.6. The Kier molecular flexibility index (Phi) is 7.25. The predicted molar refractivity (Wildman–Crippen MR) is 135 cm³/mol. The highest BCUT2D eigenvalue weighted by molar-refractivity contribution is 5.92. The second kappa shape index (κ2) is 10.3. The van der Waals surface area contributed by atoms with Crippen LogP contribution in [0.2, 0.25) is 0 Å². The number of rotatable bonds is 9. The van der Waals surface area contributed by atoms with Crippen LogP contribution in [-0.2, 0) is 16.8 Å². The molecule has 0 bridgehead atoms. The van der Waals surface area contributed by atoms with Gasteiger partial charge < -0.3 is 19.4 Å². The Morgan fingerprint density at radius 2 is 2.06 bits per heavy atom. The first-order valence-corrected chi connectivity index (χ1v) is 12.1. The molecule has 1 unspecified atom stereocenters. The number of carbonyl (C=O) groups excluding carboxylic acids is 1. The van der Waals surface area contributed by atoms with E-state index in [0.717, 1.165) is 53.1 Å². The van der Waals surface area contributed by atoms with Crippen LogP contribution in [0.4, 0.5) is 5.69 Å². The van der Waals surface area contributed by atoms with Crippen molar-refractivity contribution in [2.75, 3.05) is 12.1 Å². The number of hydrogen-bond donors (Lipinski definition) is 1. The van der Waals surface area contributed by atoms with Gasteiger partial charge in [0.2, 0.25) is 12.7 Å². The van der Waals surface area contributed by atoms with Gasteiger partial charge in [-0.3, -0.25) is 4.79 Å². The van der Waals surface area contributed by atoms with Gasteiger partial charge in [-0.05, 0) is 41.0 Å². The summed E-state index contributed by atoms with van der Waals surface area (Å²) in [6.45, 7) is 9.62. The van der Waals surface area contributed by atoms with Crippen molar-refractivity contribution >= 4 is 11.6 Å². The highest BCUT2D eigenvalue weighted by Gasteiger charge is 2.26. The summed E-state index contributed by atoms with van der Waals surface area (Å²) in [5, 5.41) is 3.25. The Balaban J connectivity index is 1.56. The summed E-state index contributed by atoms with van der Waals surface area (Å²) in [5.41, 5.74) is 4.09. The van der Waals surface area contributed by atoms with Crippen molar-refractivity contribution in [1.82, 2.24) is 9.55 Å². The van der Waals surface area contributed by atoms with Crippen molar-refractivity contribution in [3.05, 3.63) is 71.8 Å². The third kappa shape index (κ3) is 5.61. The molecular formula is C28H35N3O3. The summed E-state index contributed by atoms with van der Waals surface area (Å²) >= 11 is 0. The molecule has 6 heteroatoms. The van der Waals surface area contributed by atoms with Crippen LogP contribution in [0.5, 0.6) is 11.5 Å². The van der Waals surface area contributed by atoms with E-state index in [9.17, 15) is 4.79 Å². The molecule has 34 heavy (non-hydrogen) atoms.